The number of rotatable bonds is 0. The Morgan fingerprint density at radius 1 is 1.62 bits per heavy atom. The molecule has 4 heteroatoms. The quantitative estimate of drug-likeness (QED) is 0.512. The summed E-state index contributed by atoms with van der Waals surface area (Å²) in [5.41, 5.74) is 0. The van der Waals surface area contributed by atoms with E-state index in [1.807, 2.05) is 12.5 Å². The van der Waals surface area contributed by atoms with Gasteiger partial charge < -0.3 is 9.84 Å². The summed E-state index contributed by atoms with van der Waals surface area (Å²) in [5, 5.41) is 7.50. The lowest BCUT2D eigenvalue weighted by atomic mass is 11.4. The molecule has 0 aliphatic heterocycles. The van der Waals surface area contributed by atoms with Crippen LogP contribution in [0.25, 0.3) is 0 Å². The van der Waals surface area contributed by atoms with Gasteiger partial charge in [-0.3, -0.25) is 0 Å². The van der Waals surface area contributed by atoms with E-state index in [0.29, 0.717) is 0 Å². The van der Waals surface area contributed by atoms with E-state index in [1.165, 1.54) is 0 Å². The summed E-state index contributed by atoms with van der Waals surface area (Å²) in [4.78, 5) is 9.15. The molecule has 3 nitrogen and oxygen atoms in total. The van der Waals surface area contributed by atoms with Crippen LogP contribution in [0, 0.1) is 0 Å². The first-order valence-electron chi connectivity index (χ1n) is 1.86. The lowest BCUT2D eigenvalue weighted by Crippen LogP contribution is -1.91. The monoisotopic (exact) mass is 138 g/mol. The first kappa shape index (κ1) is 10.6. The molecule has 0 aromatic rings. The summed E-state index contributed by atoms with van der Waals surface area (Å²) in [7, 11) is 1.10. The van der Waals surface area contributed by atoms with Gasteiger partial charge in [-0.15, -0.1) is 0 Å². The van der Waals surface area contributed by atoms with E-state index < -0.39 is 6.16 Å². The van der Waals surface area contributed by atoms with E-state index in [9.17, 15) is 0 Å². The molecule has 1 N–H and O–H groups in total. The first-order valence-corrected chi connectivity index (χ1v) is 3.49. The highest BCUT2D eigenvalue weighted by Gasteiger charge is 1.80. The van der Waals surface area contributed by atoms with Crippen molar-refractivity contribution in [2.45, 2.75) is 0 Å². The molecule has 0 rings (SSSR count). The van der Waals surface area contributed by atoms with Crippen LogP contribution < -0.4 is 0 Å². The van der Waals surface area contributed by atoms with Gasteiger partial charge in [-0.1, -0.05) is 0 Å². The SMILES string of the molecule is COC(=O)O.CSC. The van der Waals surface area contributed by atoms with Crippen molar-refractivity contribution in [3.8, 4) is 0 Å². The van der Waals surface area contributed by atoms with E-state index in [4.69, 9.17) is 9.90 Å². The number of ether oxygens (including phenoxy) is 1. The van der Waals surface area contributed by atoms with Gasteiger partial charge in [-0.05, 0) is 12.5 Å². The molecule has 0 aliphatic rings. The summed E-state index contributed by atoms with van der Waals surface area (Å²) in [6, 6.07) is 0. The van der Waals surface area contributed by atoms with E-state index in [0.717, 1.165) is 7.11 Å². The Labute approximate surface area is 53.0 Å². The predicted octanol–water partition coefficient (Wildman–Crippen LogP) is 1.29. The van der Waals surface area contributed by atoms with Crippen molar-refractivity contribution in [2.75, 3.05) is 19.6 Å². The molecule has 0 fully saturated rings. The second kappa shape index (κ2) is 9.80. The maximum atomic E-state index is 9.15. The van der Waals surface area contributed by atoms with Gasteiger partial charge in [0, 0.05) is 0 Å². The molecular formula is C4H10O3S. The first-order chi connectivity index (χ1) is 3.68. The lowest BCUT2D eigenvalue weighted by Gasteiger charge is -1.79. The smallest absolute Gasteiger partial charge is 0.450 e. The molecule has 0 heterocycles. The largest absolute Gasteiger partial charge is 0.505 e. The minimum atomic E-state index is -1.25. The van der Waals surface area contributed by atoms with Gasteiger partial charge in [0.2, 0.25) is 0 Å². The van der Waals surface area contributed by atoms with Crippen molar-refractivity contribution < 1.29 is 14.6 Å². The zero-order valence-corrected chi connectivity index (χ0v) is 5.99. The van der Waals surface area contributed by atoms with Gasteiger partial charge >= 0.3 is 6.16 Å². The molecule has 0 saturated carbocycles. The third-order valence-corrected chi connectivity index (χ3v) is 0.175. The molecule has 0 aromatic carbocycles. The molecule has 0 spiro atoms. The molecule has 0 saturated heterocycles. The summed E-state index contributed by atoms with van der Waals surface area (Å²) in [6.45, 7) is 0. The van der Waals surface area contributed by atoms with Gasteiger partial charge in [0.1, 0.15) is 0 Å². The zero-order chi connectivity index (χ0) is 6.99. The number of carbonyl (C=O) groups is 1. The van der Waals surface area contributed by atoms with Crippen LogP contribution in [-0.4, -0.2) is 30.9 Å². The second-order valence-electron chi connectivity index (χ2n) is 0.878. The minimum absolute atomic E-state index is 1.10. The van der Waals surface area contributed by atoms with Crippen LogP contribution in [0.1, 0.15) is 0 Å². The summed E-state index contributed by atoms with van der Waals surface area (Å²) in [5.74, 6) is 0. The maximum absolute atomic E-state index is 9.15. The fourth-order valence-corrected chi connectivity index (χ4v) is 0. The number of hydrogen-bond acceptors (Lipinski definition) is 3. The van der Waals surface area contributed by atoms with E-state index >= 15 is 0 Å². The average molecular weight is 138 g/mol. The molecule has 0 amide bonds. The molecule has 0 bridgehead atoms. The van der Waals surface area contributed by atoms with Crippen LogP contribution in [0.15, 0.2) is 0 Å². The second-order valence-corrected chi connectivity index (χ2v) is 1.69. The normalized spacial score (nSPS) is 6.38. The summed E-state index contributed by atoms with van der Waals surface area (Å²) in [6.07, 6.45) is 2.84. The third kappa shape index (κ3) is 45.7. The minimum Gasteiger partial charge on any atom is -0.450 e. The molecule has 0 aliphatic carbocycles. The van der Waals surface area contributed by atoms with Crippen molar-refractivity contribution in [3.05, 3.63) is 0 Å². The highest BCUT2D eigenvalue weighted by Crippen LogP contribution is 1.70. The molecule has 0 radical (unpaired) electrons. The summed E-state index contributed by atoms with van der Waals surface area (Å²) >= 11 is 1.75. The lowest BCUT2D eigenvalue weighted by molar-refractivity contribution is 0.114. The van der Waals surface area contributed by atoms with Crippen LogP contribution in [0.5, 0.6) is 0 Å². The fraction of sp³-hybridized carbons (Fsp3) is 0.750. The van der Waals surface area contributed by atoms with Crippen molar-refractivity contribution in [2.24, 2.45) is 0 Å². The maximum Gasteiger partial charge on any atom is 0.505 e. The average Bonchev–Trinajstić information content (AvgIpc) is 1.69. The molecule has 50 valence electrons. The van der Waals surface area contributed by atoms with Crippen LogP contribution in [0.2, 0.25) is 0 Å². The van der Waals surface area contributed by atoms with Crippen LogP contribution in [0.4, 0.5) is 4.79 Å². The van der Waals surface area contributed by atoms with E-state index in [1.54, 1.807) is 11.8 Å². The van der Waals surface area contributed by atoms with Crippen LogP contribution in [-0.2, 0) is 4.74 Å². The Morgan fingerprint density at radius 2 is 1.75 bits per heavy atom. The van der Waals surface area contributed by atoms with Gasteiger partial charge in [0.25, 0.3) is 0 Å². The van der Waals surface area contributed by atoms with Crippen molar-refractivity contribution in [1.29, 1.82) is 0 Å². The Balaban J connectivity index is 0. The molecule has 8 heavy (non-hydrogen) atoms. The number of methoxy groups -OCH3 is 1. The predicted molar refractivity (Wildman–Crippen MR) is 34.5 cm³/mol. The van der Waals surface area contributed by atoms with Gasteiger partial charge in [-0.25, -0.2) is 4.79 Å². The van der Waals surface area contributed by atoms with Gasteiger partial charge in [0.05, 0.1) is 7.11 Å². The van der Waals surface area contributed by atoms with Gasteiger partial charge in [0.15, 0.2) is 0 Å². The van der Waals surface area contributed by atoms with Crippen LogP contribution >= 0.6 is 11.8 Å². The Bertz CT molecular complexity index is 55.2. The highest BCUT2D eigenvalue weighted by molar-refractivity contribution is 7.97. The van der Waals surface area contributed by atoms with E-state index in [-0.39, 0.29) is 0 Å². The summed E-state index contributed by atoms with van der Waals surface area (Å²) < 4.78 is 3.67. The Morgan fingerprint density at radius 3 is 1.75 bits per heavy atom. The fourth-order valence-electron chi connectivity index (χ4n) is 0. The molecular weight excluding hydrogens is 128 g/mol. The number of carboxylic acid groups (broad SMARTS) is 1. The molecule has 0 aromatic heterocycles. The molecule has 0 unspecified atom stereocenters. The number of hydrogen-bond donors (Lipinski definition) is 1. The third-order valence-electron chi connectivity index (χ3n) is 0.175. The number of thioether (sulfide) groups is 1. The Kier molecular flexibility index (Phi) is 12.9. The zero-order valence-electron chi connectivity index (χ0n) is 5.17. The van der Waals surface area contributed by atoms with Crippen molar-refractivity contribution in [3.63, 3.8) is 0 Å². The van der Waals surface area contributed by atoms with Gasteiger partial charge in [-0.2, -0.15) is 11.8 Å². The van der Waals surface area contributed by atoms with E-state index in [2.05, 4.69) is 4.74 Å². The highest BCUT2D eigenvalue weighted by atomic mass is 32.2. The Hall–Kier alpha value is -0.380. The topological polar surface area (TPSA) is 46.5 Å². The standard InChI is InChI=1S/C2H4O3.C2H6S/c1-5-2(3)4;1-3-2/h1H3,(H,3,4);1-2H3. The van der Waals surface area contributed by atoms with Crippen LogP contribution in [0.3, 0.4) is 0 Å². The van der Waals surface area contributed by atoms with Crippen molar-refractivity contribution in [1.82, 2.24) is 0 Å². The molecule has 0 atom stereocenters. The van der Waals surface area contributed by atoms with Crippen molar-refractivity contribution >= 4 is 17.9 Å².